The molecule has 0 heterocycles. The van der Waals surface area contributed by atoms with Crippen LogP contribution in [-0.2, 0) is 11.3 Å². The average molecular weight is 363 g/mol. The highest BCUT2D eigenvalue weighted by Crippen LogP contribution is 2.05. The molecule has 0 saturated carbocycles. The first-order chi connectivity index (χ1) is 12.6. The molecule has 1 rings (SSSR count). The Morgan fingerprint density at radius 3 is 2.65 bits per heavy atom. The van der Waals surface area contributed by atoms with E-state index in [1.807, 2.05) is 31.2 Å². The molecule has 0 aromatic heterocycles. The Bertz CT molecular complexity index is 558. The van der Waals surface area contributed by atoms with Gasteiger partial charge in [-0.3, -0.25) is 9.79 Å². The predicted octanol–water partition coefficient (Wildman–Crippen LogP) is 2.55. The summed E-state index contributed by atoms with van der Waals surface area (Å²) in [6, 6.07) is 7.62. The standard InChI is InChI=1S/C20H34N4O2/c1-5-10-22-19(25)18-8-6-7-17(14-18)15-24-20(21-4)23-11-13-26-12-9-16(2)3/h6-8,14,16H,5,9-13,15H2,1-4H3,(H,22,25)(H2,21,23,24). The fraction of sp³-hybridized carbons (Fsp3) is 0.600. The maximum absolute atomic E-state index is 12.0. The summed E-state index contributed by atoms with van der Waals surface area (Å²) in [5.41, 5.74) is 1.71. The molecule has 0 unspecified atom stereocenters. The van der Waals surface area contributed by atoms with Gasteiger partial charge >= 0.3 is 0 Å². The summed E-state index contributed by atoms with van der Waals surface area (Å²) in [6.45, 7) is 9.86. The SMILES string of the molecule is CCCNC(=O)c1cccc(CNC(=NC)NCCOCCC(C)C)c1. The quantitative estimate of drug-likeness (QED) is 0.321. The van der Waals surface area contributed by atoms with E-state index in [9.17, 15) is 4.79 Å². The van der Waals surface area contributed by atoms with Crippen molar-refractivity contribution in [3.8, 4) is 0 Å². The Hall–Kier alpha value is -2.08. The van der Waals surface area contributed by atoms with Gasteiger partial charge in [0.2, 0.25) is 0 Å². The van der Waals surface area contributed by atoms with Crippen LogP contribution in [0, 0.1) is 5.92 Å². The van der Waals surface area contributed by atoms with E-state index in [0.29, 0.717) is 37.7 Å². The molecule has 6 heteroatoms. The second kappa shape index (κ2) is 13.2. The van der Waals surface area contributed by atoms with Crippen LogP contribution in [0.4, 0.5) is 0 Å². The van der Waals surface area contributed by atoms with Crippen molar-refractivity contribution in [1.82, 2.24) is 16.0 Å². The molecule has 0 saturated heterocycles. The van der Waals surface area contributed by atoms with Crippen LogP contribution in [0.15, 0.2) is 29.3 Å². The number of guanidine groups is 1. The van der Waals surface area contributed by atoms with E-state index < -0.39 is 0 Å². The number of nitrogens with zero attached hydrogens (tertiary/aromatic N) is 1. The smallest absolute Gasteiger partial charge is 0.251 e. The number of rotatable bonds is 11. The third kappa shape index (κ3) is 9.42. The summed E-state index contributed by atoms with van der Waals surface area (Å²) < 4.78 is 5.59. The fourth-order valence-corrected chi connectivity index (χ4v) is 2.23. The number of ether oxygens (including phenoxy) is 1. The molecular weight excluding hydrogens is 328 g/mol. The lowest BCUT2D eigenvalue weighted by Gasteiger charge is -2.13. The molecule has 0 aliphatic carbocycles. The maximum Gasteiger partial charge on any atom is 0.251 e. The van der Waals surface area contributed by atoms with Crippen molar-refractivity contribution in [1.29, 1.82) is 0 Å². The van der Waals surface area contributed by atoms with Gasteiger partial charge in [0.25, 0.3) is 5.91 Å². The van der Waals surface area contributed by atoms with E-state index in [0.717, 1.165) is 31.0 Å². The van der Waals surface area contributed by atoms with E-state index in [1.165, 1.54) is 0 Å². The molecule has 0 radical (unpaired) electrons. The molecule has 0 fully saturated rings. The summed E-state index contributed by atoms with van der Waals surface area (Å²) in [4.78, 5) is 16.2. The lowest BCUT2D eigenvalue weighted by molar-refractivity contribution is 0.0953. The lowest BCUT2D eigenvalue weighted by atomic mass is 10.1. The summed E-state index contributed by atoms with van der Waals surface area (Å²) in [7, 11) is 1.74. The van der Waals surface area contributed by atoms with Gasteiger partial charge in [0, 0.05) is 38.9 Å². The summed E-state index contributed by atoms with van der Waals surface area (Å²) in [5.74, 6) is 1.35. The summed E-state index contributed by atoms with van der Waals surface area (Å²) >= 11 is 0. The normalized spacial score (nSPS) is 11.5. The first kappa shape index (κ1) is 22.0. The topological polar surface area (TPSA) is 74.8 Å². The van der Waals surface area contributed by atoms with Gasteiger partial charge in [0.05, 0.1) is 6.61 Å². The van der Waals surface area contributed by atoms with E-state index in [4.69, 9.17) is 4.74 Å². The number of amides is 1. The van der Waals surface area contributed by atoms with E-state index in [1.54, 1.807) is 7.05 Å². The van der Waals surface area contributed by atoms with Crippen LogP contribution in [0.3, 0.4) is 0 Å². The second-order valence-corrected chi connectivity index (χ2v) is 6.60. The third-order valence-electron chi connectivity index (χ3n) is 3.79. The highest BCUT2D eigenvalue weighted by atomic mass is 16.5. The number of hydrogen-bond donors (Lipinski definition) is 3. The van der Waals surface area contributed by atoms with Crippen molar-refractivity contribution in [3.63, 3.8) is 0 Å². The van der Waals surface area contributed by atoms with E-state index in [-0.39, 0.29) is 5.91 Å². The molecule has 0 spiro atoms. The number of benzene rings is 1. The third-order valence-corrected chi connectivity index (χ3v) is 3.79. The zero-order valence-electron chi connectivity index (χ0n) is 16.6. The number of carbonyl (C=O) groups is 1. The highest BCUT2D eigenvalue weighted by molar-refractivity contribution is 5.94. The average Bonchev–Trinajstić information content (AvgIpc) is 2.64. The minimum atomic E-state index is -0.0326. The lowest BCUT2D eigenvalue weighted by Crippen LogP contribution is -2.38. The van der Waals surface area contributed by atoms with Gasteiger partial charge in [0.15, 0.2) is 5.96 Å². The first-order valence-corrected chi connectivity index (χ1v) is 9.46. The number of aliphatic imine (C=N–C) groups is 1. The van der Waals surface area contributed by atoms with Gasteiger partial charge in [-0.1, -0.05) is 32.9 Å². The molecule has 1 aromatic rings. The molecule has 0 bridgehead atoms. The molecule has 26 heavy (non-hydrogen) atoms. The Kier molecular flexibility index (Phi) is 11.1. The van der Waals surface area contributed by atoms with Gasteiger partial charge in [0.1, 0.15) is 0 Å². The number of carbonyl (C=O) groups excluding carboxylic acids is 1. The summed E-state index contributed by atoms with van der Waals surface area (Å²) in [5, 5.41) is 9.38. The molecule has 0 aliphatic heterocycles. The van der Waals surface area contributed by atoms with E-state index >= 15 is 0 Å². The molecular formula is C20H34N4O2. The largest absolute Gasteiger partial charge is 0.380 e. The van der Waals surface area contributed by atoms with Crippen LogP contribution >= 0.6 is 0 Å². The number of nitrogens with one attached hydrogen (secondary N) is 3. The molecule has 6 nitrogen and oxygen atoms in total. The Balaban J connectivity index is 2.36. The van der Waals surface area contributed by atoms with Crippen LogP contribution in [-0.4, -0.2) is 45.2 Å². The highest BCUT2D eigenvalue weighted by Gasteiger charge is 2.05. The molecule has 1 aromatic carbocycles. The van der Waals surface area contributed by atoms with Gasteiger partial charge in [-0.05, 0) is 36.5 Å². The van der Waals surface area contributed by atoms with Crippen molar-refractivity contribution in [2.24, 2.45) is 10.9 Å². The van der Waals surface area contributed by atoms with Crippen molar-refractivity contribution >= 4 is 11.9 Å². The van der Waals surface area contributed by atoms with Crippen molar-refractivity contribution in [2.45, 2.75) is 40.2 Å². The minimum Gasteiger partial charge on any atom is -0.380 e. The predicted molar refractivity (Wildman–Crippen MR) is 108 cm³/mol. The Labute approximate surface area is 157 Å². The van der Waals surface area contributed by atoms with Crippen molar-refractivity contribution < 1.29 is 9.53 Å². The zero-order chi connectivity index (χ0) is 19.2. The molecule has 1 amide bonds. The molecule has 0 aliphatic rings. The minimum absolute atomic E-state index is 0.0326. The second-order valence-electron chi connectivity index (χ2n) is 6.60. The molecule has 0 atom stereocenters. The van der Waals surface area contributed by atoms with Crippen LogP contribution in [0.1, 0.15) is 49.5 Å². The van der Waals surface area contributed by atoms with Crippen LogP contribution in [0.2, 0.25) is 0 Å². The van der Waals surface area contributed by atoms with Gasteiger partial charge < -0.3 is 20.7 Å². The number of hydrogen-bond acceptors (Lipinski definition) is 3. The van der Waals surface area contributed by atoms with E-state index in [2.05, 4.69) is 34.8 Å². The first-order valence-electron chi connectivity index (χ1n) is 9.46. The van der Waals surface area contributed by atoms with Gasteiger partial charge in [-0.2, -0.15) is 0 Å². The Morgan fingerprint density at radius 2 is 1.96 bits per heavy atom. The van der Waals surface area contributed by atoms with Crippen molar-refractivity contribution in [3.05, 3.63) is 35.4 Å². The van der Waals surface area contributed by atoms with Crippen molar-refractivity contribution in [2.75, 3.05) is 33.4 Å². The summed E-state index contributed by atoms with van der Waals surface area (Å²) in [6.07, 6.45) is 2.01. The molecule has 3 N–H and O–H groups in total. The zero-order valence-corrected chi connectivity index (χ0v) is 16.6. The molecule has 146 valence electrons. The van der Waals surface area contributed by atoms with Crippen LogP contribution < -0.4 is 16.0 Å². The Morgan fingerprint density at radius 1 is 1.15 bits per heavy atom. The maximum atomic E-state index is 12.0. The fourth-order valence-electron chi connectivity index (χ4n) is 2.23. The van der Waals surface area contributed by atoms with Gasteiger partial charge in [-0.25, -0.2) is 0 Å². The van der Waals surface area contributed by atoms with Crippen LogP contribution in [0.25, 0.3) is 0 Å². The monoisotopic (exact) mass is 362 g/mol. The van der Waals surface area contributed by atoms with Gasteiger partial charge in [-0.15, -0.1) is 0 Å². The van der Waals surface area contributed by atoms with Crippen LogP contribution in [0.5, 0.6) is 0 Å².